The number of rotatable bonds is 3. The summed E-state index contributed by atoms with van der Waals surface area (Å²) in [5, 5.41) is 22.3. The summed E-state index contributed by atoms with van der Waals surface area (Å²) in [5.74, 6) is -0.515. The molecule has 0 saturated heterocycles. The van der Waals surface area contributed by atoms with Gasteiger partial charge in [-0.15, -0.1) is 0 Å². The minimum Gasteiger partial charge on any atom is -0.507 e. The molecule has 1 amide bonds. The third kappa shape index (κ3) is 5.07. The quantitative estimate of drug-likeness (QED) is 0.452. The van der Waals surface area contributed by atoms with E-state index in [9.17, 15) is 19.8 Å². The van der Waals surface area contributed by atoms with Crippen LogP contribution in [-0.2, 0) is 9.59 Å². The number of benzene rings is 1. The molecule has 0 saturated carbocycles. The summed E-state index contributed by atoms with van der Waals surface area (Å²) in [6.45, 7) is 6.71. The van der Waals surface area contributed by atoms with Gasteiger partial charge in [-0.1, -0.05) is 49.6 Å². The summed E-state index contributed by atoms with van der Waals surface area (Å²) < 4.78 is 0. The van der Waals surface area contributed by atoms with Crippen LogP contribution < -0.4 is 5.32 Å². The van der Waals surface area contributed by atoms with Crippen molar-refractivity contribution in [2.45, 2.75) is 12.0 Å². The Balaban J connectivity index is 0.000000413. The molecule has 0 aliphatic heterocycles. The number of hydrogen-bond donors (Lipinski definition) is 3. The van der Waals surface area contributed by atoms with Crippen molar-refractivity contribution in [1.82, 2.24) is 5.32 Å². The second-order valence-corrected chi connectivity index (χ2v) is 5.08. The number of nitrogens with one attached hydrogen (secondary N) is 1. The van der Waals surface area contributed by atoms with Gasteiger partial charge in [-0.3, -0.25) is 9.59 Å². The lowest BCUT2D eigenvalue weighted by atomic mass is 9.86. The minimum absolute atomic E-state index is 0.0667. The first kappa shape index (κ1) is 19.1. The van der Waals surface area contributed by atoms with Crippen LogP contribution in [0.15, 0.2) is 73.4 Å². The zero-order valence-corrected chi connectivity index (χ0v) is 13.5. The highest BCUT2D eigenvalue weighted by atomic mass is 16.3. The van der Waals surface area contributed by atoms with Crippen molar-refractivity contribution in [1.29, 1.82) is 0 Å². The molecule has 1 aromatic rings. The summed E-state index contributed by atoms with van der Waals surface area (Å²) in [4.78, 5) is 21.9. The van der Waals surface area contributed by atoms with Crippen LogP contribution in [0.2, 0.25) is 0 Å². The molecule has 1 aliphatic carbocycles. The molecular formula is C19H21NO4. The minimum atomic E-state index is -1.31. The Morgan fingerprint density at radius 3 is 2.33 bits per heavy atom. The fraction of sp³-hybridized carbons (Fsp3) is 0.158. The van der Waals surface area contributed by atoms with E-state index in [-0.39, 0.29) is 29.4 Å². The number of hydrogen-bond acceptors (Lipinski definition) is 4. The molecule has 1 atom stereocenters. The normalized spacial score (nSPS) is 21.2. The average Bonchev–Trinajstić information content (AvgIpc) is 2.62. The van der Waals surface area contributed by atoms with Crippen molar-refractivity contribution in [3.8, 4) is 0 Å². The Labute approximate surface area is 141 Å². The Bertz CT molecular complexity index is 689. The fourth-order valence-electron chi connectivity index (χ4n) is 1.94. The standard InChI is InChI=1S/C15H14O3.C4H7NO/c1-2-15(18)9-8-12(13(16)10-15)14(17)11-6-4-3-5-7-11;1-3-4(6)5-2/h2-9,17-18H,1,10H2;3H,1H2,2H3,(H,5,6). The Hall–Kier alpha value is -2.92. The van der Waals surface area contributed by atoms with E-state index in [0.717, 1.165) is 0 Å². The number of aliphatic hydroxyl groups excluding tert-OH is 1. The lowest BCUT2D eigenvalue weighted by Crippen LogP contribution is -2.30. The molecule has 0 bridgehead atoms. The molecule has 24 heavy (non-hydrogen) atoms. The monoisotopic (exact) mass is 327 g/mol. The van der Waals surface area contributed by atoms with Crippen LogP contribution in [-0.4, -0.2) is 34.6 Å². The first-order valence-corrected chi connectivity index (χ1v) is 7.28. The summed E-state index contributed by atoms with van der Waals surface area (Å²) in [5.41, 5.74) is -0.514. The number of ketones is 1. The molecule has 0 fully saturated rings. The lowest BCUT2D eigenvalue weighted by molar-refractivity contribution is -0.118. The smallest absolute Gasteiger partial charge is 0.243 e. The number of carbonyl (C=O) groups excluding carboxylic acids is 2. The molecule has 2 rings (SSSR count). The molecule has 0 radical (unpaired) electrons. The Kier molecular flexibility index (Phi) is 6.89. The van der Waals surface area contributed by atoms with Crippen LogP contribution in [0.5, 0.6) is 0 Å². The highest BCUT2D eigenvalue weighted by Crippen LogP contribution is 2.27. The van der Waals surface area contributed by atoms with Gasteiger partial charge in [-0.05, 0) is 18.2 Å². The van der Waals surface area contributed by atoms with Crippen LogP contribution in [0.4, 0.5) is 0 Å². The molecule has 5 heteroatoms. The van der Waals surface area contributed by atoms with Crippen LogP contribution in [0, 0.1) is 0 Å². The van der Waals surface area contributed by atoms with E-state index in [1.54, 1.807) is 31.3 Å². The maximum Gasteiger partial charge on any atom is 0.243 e. The summed E-state index contributed by atoms with van der Waals surface area (Å²) in [7, 11) is 1.56. The molecule has 1 unspecified atom stereocenters. The summed E-state index contributed by atoms with van der Waals surface area (Å²) in [6.07, 6.45) is 5.35. The Morgan fingerprint density at radius 1 is 1.29 bits per heavy atom. The van der Waals surface area contributed by atoms with E-state index in [4.69, 9.17) is 0 Å². The number of Topliss-reactive ketones (excluding diaryl/α,β-unsaturated/α-hetero) is 1. The van der Waals surface area contributed by atoms with Crippen molar-refractivity contribution in [3.05, 3.63) is 78.9 Å². The number of aliphatic hydroxyl groups is 2. The third-order valence-electron chi connectivity index (χ3n) is 3.37. The molecule has 0 heterocycles. The van der Waals surface area contributed by atoms with E-state index < -0.39 is 5.60 Å². The van der Waals surface area contributed by atoms with Gasteiger partial charge in [0.25, 0.3) is 0 Å². The van der Waals surface area contributed by atoms with Gasteiger partial charge in [-0.25, -0.2) is 0 Å². The van der Waals surface area contributed by atoms with Gasteiger partial charge in [-0.2, -0.15) is 0 Å². The first-order chi connectivity index (χ1) is 11.4. The van der Waals surface area contributed by atoms with Gasteiger partial charge in [0.15, 0.2) is 5.78 Å². The molecule has 0 spiro atoms. The van der Waals surface area contributed by atoms with Gasteiger partial charge >= 0.3 is 0 Å². The zero-order chi connectivity index (χ0) is 18.2. The van der Waals surface area contributed by atoms with E-state index in [1.807, 2.05) is 6.07 Å². The van der Waals surface area contributed by atoms with Gasteiger partial charge in [0, 0.05) is 19.0 Å². The maximum absolute atomic E-state index is 11.9. The van der Waals surface area contributed by atoms with E-state index >= 15 is 0 Å². The molecule has 0 aromatic heterocycles. The lowest BCUT2D eigenvalue weighted by Gasteiger charge is -2.24. The SMILES string of the molecule is C=CC(=O)NC.C=CC1(O)C=CC(=C(O)c2ccccc2)C(=O)C1. The van der Waals surface area contributed by atoms with Gasteiger partial charge in [0.1, 0.15) is 11.4 Å². The van der Waals surface area contributed by atoms with Crippen LogP contribution >= 0.6 is 0 Å². The highest BCUT2D eigenvalue weighted by Gasteiger charge is 2.30. The van der Waals surface area contributed by atoms with Crippen LogP contribution in [0.1, 0.15) is 12.0 Å². The number of allylic oxidation sites excluding steroid dienone is 2. The topological polar surface area (TPSA) is 86.6 Å². The van der Waals surface area contributed by atoms with Gasteiger partial charge < -0.3 is 15.5 Å². The molecule has 3 N–H and O–H groups in total. The largest absolute Gasteiger partial charge is 0.507 e. The summed E-state index contributed by atoms with van der Waals surface area (Å²) >= 11 is 0. The fourth-order valence-corrected chi connectivity index (χ4v) is 1.94. The molecule has 1 aromatic carbocycles. The Morgan fingerprint density at radius 2 is 1.92 bits per heavy atom. The van der Waals surface area contributed by atoms with Crippen molar-refractivity contribution in [2.75, 3.05) is 7.05 Å². The van der Waals surface area contributed by atoms with E-state index in [0.29, 0.717) is 5.56 Å². The number of amides is 1. The predicted octanol–water partition coefficient (Wildman–Crippen LogP) is 2.32. The second kappa shape index (κ2) is 8.64. The second-order valence-electron chi connectivity index (χ2n) is 5.08. The van der Waals surface area contributed by atoms with Crippen molar-refractivity contribution in [3.63, 3.8) is 0 Å². The van der Waals surface area contributed by atoms with Gasteiger partial charge in [0.05, 0.1) is 5.57 Å². The summed E-state index contributed by atoms with van der Waals surface area (Å²) in [6, 6.07) is 8.83. The van der Waals surface area contributed by atoms with Crippen molar-refractivity contribution in [2.24, 2.45) is 0 Å². The van der Waals surface area contributed by atoms with E-state index in [1.165, 1.54) is 24.3 Å². The molecule has 5 nitrogen and oxygen atoms in total. The molecule has 126 valence electrons. The first-order valence-electron chi connectivity index (χ1n) is 7.28. The third-order valence-corrected chi connectivity index (χ3v) is 3.37. The van der Waals surface area contributed by atoms with Gasteiger partial charge in [0.2, 0.25) is 5.91 Å². The average molecular weight is 327 g/mol. The number of carbonyl (C=O) groups is 2. The molecular weight excluding hydrogens is 306 g/mol. The van der Waals surface area contributed by atoms with Crippen molar-refractivity contribution < 1.29 is 19.8 Å². The van der Waals surface area contributed by atoms with Crippen molar-refractivity contribution >= 4 is 17.4 Å². The highest BCUT2D eigenvalue weighted by molar-refractivity contribution is 6.05. The van der Waals surface area contributed by atoms with E-state index in [2.05, 4.69) is 18.5 Å². The van der Waals surface area contributed by atoms with Crippen LogP contribution in [0.25, 0.3) is 5.76 Å². The van der Waals surface area contributed by atoms with Crippen LogP contribution in [0.3, 0.4) is 0 Å². The predicted molar refractivity (Wildman–Crippen MR) is 94.2 cm³/mol. The molecule has 1 aliphatic rings. The zero-order valence-electron chi connectivity index (χ0n) is 13.5. The number of likely N-dealkylation sites (N-methyl/N-ethyl adjacent to an activating group) is 1. The maximum atomic E-state index is 11.9.